The maximum Gasteiger partial charge on any atom is 0.249 e. The molecule has 6 heteroatoms. The molecule has 1 saturated carbocycles. The molecule has 116 valence electrons. The monoisotopic (exact) mass is 300 g/mol. The number of fused-ring (bicyclic) bond motifs is 1. The number of primary amides is 1. The normalized spacial score (nSPS) is 25.2. The van der Waals surface area contributed by atoms with Crippen LogP contribution in [0.4, 0.5) is 5.82 Å². The predicted octanol–water partition coefficient (Wildman–Crippen LogP) is 1.74. The van der Waals surface area contributed by atoms with E-state index in [1.807, 2.05) is 24.3 Å². The molecule has 1 aliphatic rings. The highest BCUT2D eigenvalue weighted by Gasteiger charge is 2.41. The van der Waals surface area contributed by atoms with Crippen LogP contribution in [0.15, 0.2) is 24.3 Å². The van der Waals surface area contributed by atoms with Gasteiger partial charge in [-0.05, 0) is 37.8 Å². The van der Waals surface area contributed by atoms with Gasteiger partial charge >= 0.3 is 0 Å². The zero-order chi connectivity index (χ0) is 15.7. The summed E-state index contributed by atoms with van der Waals surface area (Å²) in [4.78, 5) is 20.7. The standard InChI is InChI=1S/C16H20N4O2/c1-22-16(15(18)21)8-6-10(7-9-16)14-19-12-5-3-2-4-11(12)13(17)20-14/h2-5,10H,6-9H2,1H3,(H2,18,21)(H2,17,19,20). The summed E-state index contributed by atoms with van der Waals surface area (Å²) in [7, 11) is 1.54. The molecule has 1 aromatic heterocycles. The van der Waals surface area contributed by atoms with Gasteiger partial charge in [-0.25, -0.2) is 9.97 Å². The van der Waals surface area contributed by atoms with E-state index in [-0.39, 0.29) is 5.92 Å². The van der Waals surface area contributed by atoms with Gasteiger partial charge in [0.15, 0.2) is 0 Å². The molecule has 0 unspecified atom stereocenters. The van der Waals surface area contributed by atoms with Gasteiger partial charge in [0, 0.05) is 18.4 Å². The number of methoxy groups -OCH3 is 1. The average molecular weight is 300 g/mol. The Kier molecular flexibility index (Phi) is 3.70. The van der Waals surface area contributed by atoms with Gasteiger partial charge in [0.2, 0.25) is 5.91 Å². The van der Waals surface area contributed by atoms with Crippen molar-refractivity contribution in [3.63, 3.8) is 0 Å². The molecule has 1 amide bonds. The Morgan fingerprint density at radius 3 is 2.59 bits per heavy atom. The van der Waals surface area contributed by atoms with Crippen LogP contribution in [-0.4, -0.2) is 28.6 Å². The molecule has 0 radical (unpaired) electrons. The van der Waals surface area contributed by atoms with Gasteiger partial charge in [0.25, 0.3) is 0 Å². The SMILES string of the molecule is COC1(C(N)=O)CCC(c2nc(N)c3ccccc3n2)CC1. The molecule has 22 heavy (non-hydrogen) atoms. The minimum absolute atomic E-state index is 0.175. The lowest BCUT2D eigenvalue weighted by molar-refractivity contribution is -0.144. The first-order valence-corrected chi connectivity index (χ1v) is 7.43. The van der Waals surface area contributed by atoms with Crippen molar-refractivity contribution in [3.8, 4) is 0 Å². The summed E-state index contributed by atoms with van der Waals surface area (Å²) < 4.78 is 5.38. The topological polar surface area (TPSA) is 104 Å². The number of anilines is 1. The van der Waals surface area contributed by atoms with E-state index >= 15 is 0 Å². The smallest absolute Gasteiger partial charge is 0.249 e. The van der Waals surface area contributed by atoms with Crippen LogP contribution in [-0.2, 0) is 9.53 Å². The number of aromatic nitrogens is 2. The first kappa shape index (κ1) is 14.7. The van der Waals surface area contributed by atoms with Gasteiger partial charge < -0.3 is 16.2 Å². The number of hydrogen-bond acceptors (Lipinski definition) is 5. The fourth-order valence-electron chi connectivity index (χ4n) is 3.20. The molecule has 3 rings (SSSR count). The molecule has 1 fully saturated rings. The second-order valence-electron chi connectivity index (χ2n) is 5.82. The molecule has 4 N–H and O–H groups in total. The molecule has 1 heterocycles. The summed E-state index contributed by atoms with van der Waals surface area (Å²) >= 11 is 0. The molecule has 0 spiro atoms. The highest BCUT2D eigenvalue weighted by atomic mass is 16.5. The van der Waals surface area contributed by atoms with Crippen LogP contribution >= 0.6 is 0 Å². The third-order valence-corrected chi connectivity index (χ3v) is 4.65. The second kappa shape index (κ2) is 5.53. The van der Waals surface area contributed by atoms with Crippen LogP contribution in [0.3, 0.4) is 0 Å². The Hall–Kier alpha value is -2.21. The van der Waals surface area contributed by atoms with Crippen LogP contribution < -0.4 is 11.5 Å². The number of carbonyl (C=O) groups excluding carboxylic acids is 1. The number of amides is 1. The van der Waals surface area contributed by atoms with Gasteiger partial charge in [0.05, 0.1) is 5.52 Å². The van der Waals surface area contributed by atoms with E-state index < -0.39 is 11.5 Å². The number of benzene rings is 1. The van der Waals surface area contributed by atoms with Crippen molar-refractivity contribution in [2.24, 2.45) is 5.73 Å². The Balaban J connectivity index is 1.86. The number of para-hydroxylation sites is 1. The molecule has 0 aliphatic heterocycles. The van der Waals surface area contributed by atoms with Crippen molar-refractivity contribution >= 4 is 22.6 Å². The highest BCUT2D eigenvalue weighted by molar-refractivity contribution is 5.87. The lowest BCUT2D eigenvalue weighted by Gasteiger charge is -2.36. The molecule has 0 bridgehead atoms. The maximum absolute atomic E-state index is 11.6. The van der Waals surface area contributed by atoms with Gasteiger partial charge in [-0.2, -0.15) is 0 Å². The number of rotatable bonds is 3. The molecular formula is C16H20N4O2. The summed E-state index contributed by atoms with van der Waals surface area (Å²) in [6.07, 6.45) is 2.68. The van der Waals surface area contributed by atoms with Gasteiger partial charge in [0.1, 0.15) is 17.2 Å². The highest BCUT2D eigenvalue weighted by Crippen LogP contribution is 2.39. The number of nitrogen functional groups attached to an aromatic ring is 1. The quantitative estimate of drug-likeness (QED) is 0.898. The lowest BCUT2D eigenvalue weighted by atomic mass is 9.78. The third kappa shape index (κ3) is 2.39. The Bertz CT molecular complexity index is 708. The molecule has 1 aliphatic carbocycles. The number of ether oxygens (including phenoxy) is 1. The lowest BCUT2D eigenvalue weighted by Crippen LogP contribution is -2.48. The number of nitrogens with zero attached hydrogens (tertiary/aromatic N) is 2. The second-order valence-corrected chi connectivity index (χ2v) is 5.82. The zero-order valence-corrected chi connectivity index (χ0v) is 12.6. The number of nitrogens with two attached hydrogens (primary N) is 2. The summed E-state index contributed by atoms with van der Waals surface area (Å²) in [5.41, 5.74) is 11.5. The molecule has 0 saturated heterocycles. The van der Waals surface area contributed by atoms with Crippen molar-refractivity contribution in [3.05, 3.63) is 30.1 Å². The molecule has 2 aromatic rings. The summed E-state index contributed by atoms with van der Waals surface area (Å²) in [6.45, 7) is 0. The van der Waals surface area contributed by atoms with Crippen molar-refractivity contribution < 1.29 is 9.53 Å². The third-order valence-electron chi connectivity index (χ3n) is 4.65. The number of hydrogen-bond donors (Lipinski definition) is 2. The minimum Gasteiger partial charge on any atom is -0.383 e. The fraction of sp³-hybridized carbons (Fsp3) is 0.438. The van der Waals surface area contributed by atoms with Crippen molar-refractivity contribution in [2.45, 2.75) is 37.2 Å². The van der Waals surface area contributed by atoms with Crippen LogP contribution in [0.25, 0.3) is 10.9 Å². The van der Waals surface area contributed by atoms with E-state index in [1.54, 1.807) is 0 Å². The summed E-state index contributed by atoms with van der Waals surface area (Å²) in [6, 6.07) is 7.70. The maximum atomic E-state index is 11.6. The first-order valence-electron chi connectivity index (χ1n) is 7.43. The molecule has 1 aromatic carbocycles. The van der Waals surface area contributed by atoms with Crippen LogP contribution in [0, 0.1) is 0 Å². The Labute approximate surface area is 128 Å². The van der Waals surface area contributed by atoms with Gasteiger partial charge in [-0.3, -0.25) is 4.79 Å². The van der Waals surface area contributed by atoms with Crippen molar-refractivity contribution in [1.29, 1.82) is 0 Å². The van der Waals surface area contributed by atoms with E-state index in [4.69, 9.17) is 16.2 Å². The molecule has 6 nitrogen and oxygen atoms in total. The molecular weight excluding hydrogens is 280 g/mol. The zero-order valence-electron chi connectivity index (χ0n) is 12.6. The Morgan fingerprint density at radius 2 is 1.95 bits per heavy atom. The number of carbonyl (C=O) groups is 1. The van der Waals surface area contributed by atoms with Crippen molar-refractivity contribution in [2.75, 3.05) is 12.8 Å². The van der Waals surface area contributed by atoms with E-state index in [9.17, 15) is 4.79 Å². The molecule has 0 atom stereocenters. The van der Waals surface area contributed by atoms with Crippen LogP contribution in [0.1, 0.15) is 37.4 Å². The summed E-state index contributed by atoms with van der Waals surface area (Å²) in [5.74, 6) is 1.02. The van der Waals surface area contributed by atoms with Gasteiger partial charge in [-0.15, -0.1) is 0 Å². The van der Waals surface area contributed by atoms with Gasteiger partial charge in [-0.1, -0.05) is 12.1 Å². The first-order chi connectivity index (χ1) is 10.6. The van der Waals surface area contributed by atoms with E-state index in [0.717, 1.165) is 29.6 Å². The van der Waals surface area contributed by atoms with Crippen molar-refractivity contribution in [1.82, 2.24) is 9.97 Å². The van der Waals surface area contributed by atoms with E-state index in [0.29, 0.717) is 18.7 Å². The largest absolute Gasteiger partial charge is 0.383 e. The Morgan fingerprint density at radius 1 is 1.27 bits per heavy atom. The fourth-order valence-corrected chi connectivity index (χ4v) is 3.20. The summed E-state index contributed by atoms with van der Waals surface area (Å²) in [5, 5.41) is 0.866. The van der Waals surface area contributed by atoms with Crippen LogP contribution in [0.5, 0.6) is 0 Å². The van der Waals surface area contributed by atoms with Crippen LogP contribution in [0.2, 0.25) is 0 Å². The minimum atomic E-state index is -0.848. The predicted molar refractivity (Wildman–Crippen MR) is 84.1 cm³/mol. The average Bonchev–Trinajstić information content (AvgIpc) is 2.54. The van der Waals surface area contributed by atoms with E-state index in [2.05, 4.69) is 9.97 Å². The van der Waals surface area contributed by atoms with E-state index in [1.165, 1.54) is 7.11 Å².